The Balaban J connectivity index is 3.16. The molecule has 1 aromatic carbocycles. The van der Waals surface area contributed by atoms with Crippen LogP contribution in [0.5, 0.6) is 5.75 Å². The van der Waals surface area contributed by atoms with E-state index in [1.54, 1.807) is 0 Å². The predicted octanol–water partition coefficient (Wildman–Crippen LogP) is 2.91. The van der Waals surface area contributed by atoms with E-state index in [1.807, 2.05) is 0 Å². The van der Waals surface area contributed by atoms with Crippen LogP contribution in [-0.4, -0.2) is 13.7 Å². The molecule has 7 heteroatoms. The first-order valence-corrected chi connectivity index (χ1v) is 5.44. The van der Waals surface area contributed by atoms with Crippen molar-refractivity contribution in [2.45, 2.75) is 12.6 Å². The molecule has 0 fully saturated rings. The van der Waals surface area contributed by atoms with E-state index in [1.165, 1.54) is 7.11 Å². The first-order chi connectivity index (χ1) is 7.90. The smallest absolute Gasteiger partial charge is 0.416 e. The van der Waals surface area contributed by atoms with Crippen molar-refractivity contribution >= 4 is 15.9 Å². The minimum atomic E-state index is -4.40. The van der Waals surface area contributed by atoms with Gasteiger partial charge in [-0.1, -0.05) is 15.9 Å². The van der Waals surface area contributed by atoms with E-state index in [2.05, 4.69) is 20.8 Å². The molecule has 0 atom stereocenters. The van der Waals surface area contributed by atoms with Gasteiger partial charge in [0, 0.05) is 16.5 Å². The summed E-state index contributed by atoms with van der Waals surface area (Å²) in [6.07, 6.45) is -4.04. The van der Waals surface area contributed by atoms with Crippen LogP contribution in [0.3, 0.4) is 0 Å². The molecule has 2 N–H and O–H groups in total. The highest BCUT2D eigenvalue weighted by Crippen LogP contribution is 2.37. The van der Waals surface area contributed by atoms with Crippen molar-refractivity contribution in [3.8, 4) is 5.75 Å². The highest BCUT2D eigenvalue weighted by Gasteiger charge is 2.32. The average Bonchev–Trinajstić information content (AvgIpc) is 2.25. The van der Waals surface area contributed by atoms with Crippen molar-refractivity contribution in [1.29, 1.82) is 0 Å². The normalized spacial score (nSPS) is 11.6. The van der Waals surface area contributed by atoms with Gasteiger partial charge in [0.2, 0.25) is 0 Å². The minimum Gasteiger partial charge on any atom is -0.496 e. The van der Waals surface area contributed by atoms with Gasteiger partial charge in [-0.05, 0) is 12.1 Å². The monoisotopic (exact) mass is 313 g/mol. The molecule has 0 saturated carbocycles. The maximum absolute atomic E-state index is 12.5. The summed E-state index contributed by atoms with van der Waals surface area (Å²) >= 11 is 3.09. The molecule has 0 heterocycles. The molecule has 0 aliphatic heterocycles. The third-order valence-electron chi connectivity index (χ3n) is 2.17. The van der Waals surface area contributed by atoms with Gasteiger partial charge in [-0.3, -0.25) is 0 Å². The molecule has 3 nitrogen and oxygen atoms in total. The fraction of sp³-hybridized carbons (Fsp3) is 0.400. The third kappa shape index (κ3) is 3.58. The Kier molecular flexibility index (Phi) is 4.79. The molecule has 1 rings (SSSR count). The number of rotatable bonds is 4. The molecule has 0 saturated heterocycles. The van der Waals surface area contributed by atoms with Crippen LogP contribution in [0.1, 0.15) is 11.1 Å². The second-order valence-electron chi connectivity index (χ2n) is 3.26. The summed E-state index contributed by atoms with van der Waals surface area (Å²) in [7, 11) is 1.31. The topological polar surface area (TPSA) is 44.5 Å². The first-order valence-electron chi connectivity index (χ1n) is 4.65. The van der Waals surface area contributed by atoms with Gasteiger partial charge in [0.15, 0.2) is 0 Å². The van der Waals surface area contributed by atoms with E-state index in [0.717, 1.165) is 12.1 Å². The number of hydrogen-bond donors (Lipinski definition) is 1. The molecule has 17 heavy (non-hydrogen) atoms. The minimum absolute atomic E-state index is 0.156. The zero-order chi connectivity index (χ0) is 13.1. The second kappa shape index (κ2) is 5.70. The van der Waals surface area contributed by atoms with Crippen LogP contribution in [0.4, 0.5) is 13.2 Å². The standard InChI is InChI=1S/C10H11BrF3NO2/c1-16-9-5-6(10(12,13)14)4-8(11)7(9)2-3-17-15/h4-5H,2-3,15H2,1H3. The lowest BCUT2D eigenvalue weighted by molar-refractivity contribution is -0.137. The Hall–Kier alpha value is -0.790. The predicted molar refractivity (Wildman–Crippen MR) is 59.5 cm³/mol. The van der Waals surface area contributed by atoms with Crippen LogP contribution in [0, 0.1) is 0 Å². The van der Waals surface area contributed by atoms with Crippen molar-refractivity contribution in [3.63, 3.8) is 0 Å². The number of halogens is 4. The first kappa shape index (κ1) is 14.3. The number of hydrogen-bond acceptors (Lipinski definition) is 3. The number of benzene rings is 1. The molecule has 0 aliphatic carbocycles. The lowest BCUT2D eigenvalue weighted by Crippen LogP contribution is -2.09. The summed E-state index contributed by atoms with van der Waals surface area (Å²) in [6.45, 7) is 0.195. The van der Waals surface area contributed by atoms with Gasteiger partial charge in [0.1, 0.15) is 5.75 Å². The summed E-state index contributed by atoms with van der Waals surface area (Å²) in [5.41, 5.74) is -0.176. The van der Waals surface area contributed by atoms with Crippen LogP contribution in [0.25, 0.3) is 0 Å². The molecule has 0 radical (unpaired) electrons. The van der Waals surface area contributed by atoms with Crippen molar-refractivity contribution in [2.75, 3.05) is 13.7 Å². The Morgan fingerprint density at radius 3 is 2.47 bits per heavy atom. The lowest BCUT2D eigenvalue weighted by atomic mass is 10.1. The summed E-state index contributed by atoms with van der Waals surface area (Å²) in [6, 6.07) is 1.96. The van der Waals surface area contributed by atoms with E-state index in [9.17, 15) is 13.2 Å². The molecule has 0 aromatic heterocycles. The van der Waals surface area contributed by atoms with Crippen LogP contribution in [0.2, 0.25) is 0 Å². The highest BCUT2D eigenvalue weighted by atomic mass is 79.9. The number of methoxy groups -OCH3 is 1. The van der Waals surface area contributed by atoms with E-state index < -0.39 is 11.7 Å². The van der Waals surface area contributed by atoms with Crippen LogP contribution in [-0.2, 0) is 17.4 Å². The number of alkyl halides is 3. The SMILES string of the molecule is COc1cc(C(F)(F)F)cc(Br)c1CCON. The van der Waals surface area contributed by atoms with Gasteiger partial charge in [-0.25, -0.2) is 5.90 Å². The Morgan fingerprint density at radius 2 is 2.00 bits per heavy atom. The van der Waals surface area contributed by atoms with Crippen LogP contribution in [0.15, 0.2) is 16.6 Å². The van der Waals surface area contributed by atoms with Crippen molar-refractivity contribution < 1.29 is 22.7 Å². The summed E-state index contributed by atoms with van der Waals surface area (Å²) in [5, 5.41) is 0. The molecule has 96 valence electrons. The van der Waals surface area contributed by atoms with Gasteiger partial charge in [0.25, 0.3) is 0 Å². The maximum atomic E-state index is 12.5. The molecule has 1 aromatic rings. The van der Waals surface area contributed by atoms with Gasteiger partial charge >= 0.3 is 6.18 Å². The molecule has 0 bridgehead atoms. The van der Waals surface area contributed by atoms with E-state index in [0.29, 0.717) is 16.5 Å². The van der Waals surface area contributed by atoms with E-state index in [4.69, 9.17) is 10.6 Å². The largest absolute Gasteiger partial charge is 0.496 e. The third-order valence-corrected chi connectivity index (χ3v) is 2.88. The summed E-state index contributed by atoms with van der Waals surface area (Å²) in [4.78, 5) is 4.40. The lowest BCUT2D eigenvalue weighted by Gasteiger charge is -2.14. The van der Waals surface area contributed by atoms with Crippen molar-refractivity contribution in [3.05, 3.63) is 27.7 Å². The average molecular weight is 314 g/mol. The summed E-state index contributed by atoms with van der Waals surface area (Å²) < 4.78 is 42.9. The van der Waals surface area contributed by atoms with Gasteiger partial charge in [-0.2, -0.15) is 13.2 Å². The Labute approximate surface area is 105 Å². The number of nitrogens with two attached hydrogens (primary N) is 1. The van der Waals surface area contributed by atoms with Gasteiger partial charge < -0.3 is 9.57 Å². The van der Waals surface area contributed by atoms with Crippen molar-refractivity contribution in [1.82, 2.24) is 0 Å². The second-order valence-corrected chi connectivity index (χ2v) is 4.11. The maximum Gasteiger partial charge on any atom is 0.416 e. The molecule has 0 spiro atoms. The van der Waals surface area contributed by atoms with Gasteiger partial charge in [-0.15, -0.1) is 0 Å². The Bertz CT molecular complexity index is 396. The van der Waals surface area contributed by atoms with Crippen LogP contribution >= 0.6 is 15.9 Å². The fourth-order valence-corrected chi connectivity index (χ4v) is 2.00. The van der Waals surface area contributed by atoms with Crippen LogP contribution < -0.4 is 10.6 Å². The van der Waals surface area contributed by atoms with Gasteiger partial charge in [0.05, 0.1) is 19.3 Å². The van der Waals surface area contributed by atoms with E-state index >= 15 is 0 Å². The Morgan fingerprint density at radius 1 is 1.35 bits per heavy atom. The zero-order valence-electron chi connectivity index (χ0n) is 8.97. The van der Waals surface area contributed by atoms with E-state index in [-0.39, 0.29) is 12.4 Å². The zero-order valence-corrected chi connectivity index (χ0v) is 10.6. The molecular weight excluding hydrogens is 303 g/mol. The fourth-order valence-electron chi connectivity index (χ4n) is 1.36. The molecule has 0 amide bonds. The quantitative estimate of drug-likeness (QED) is 0.869. The highest BCUT2D eigenvalue weighted by molar-refractivity contribution is 9.10. The molecule has 0 aliphatic rings. The molecular formula is C10H11BrF3NO2. The van der Waals surface area contributed by atoms with Crippen molar-refractivity contribution in [2.24, 2.45) is 5.90 Å². The molecule has 0 unspecified atom stereocenters. The number of ether oxygens (including phenoxy) is 1. The summed E-state index contributed by atoms with van der Waals surface area (Å²) in [5.74, 6) is 5.04.